The number of sulfonamides is 1. The third-order valence-electron chi connectivity index (χ3n) is 4.47. The number of carbonyl (C=O) groups is 1. The van der Waals surface area contributed by atoms with Crippen molar-refractivity contribution in [1.29, 1.82) is 0 Å². The first kappa shape index (κ1) is 21.3. The summed E-state index contributed by atoms with van der Waals surface area (Å²) in [7, 11) is -2.42. The van der Waals surface area contributed by atoms with Gasteiger partial charge < -0.3 is 10.1 Å². The van der Waals surface area contributed by atoms with Gasteiger partial charge in [0.1, 0.15) is 0 Å². The smallest absolute Gasteiger partial charge is 0.338 e. The number of nitrogens with one attached hydrogen (secondary N) is 1. The maximum absolute atomic E-state index is 13.2. The van der Waals surface area contributed by atoms with Crippen molar-refractivity contribution in [3.05, 3.63) is 59.4 Å². The van der Waals surface area contributed by atoms with Crippen LogP contribution in [0.5, 0.6) is 0 Å². The lowest BCUT2D eigenvalue weighted by Gasteiger charge is -2.35. The summed E-state index contributed by atoms with van der Waals surface area (Å²) in [6.07, 6.45) is 3.35. The molecular weight excluding hydrogens is 390 g/mol. The summed E-state index contributed by atoms with van der Waals surface area (Å²) in [5.74, 6) is -0.484. The topological polar surface area (TPSA) is 88.6 Å². The van der Waals surface area contributed by atoms with Crippen LogP contribution in [0.4, 0.5) is 0 Å². The van der Waals surface area contributed by atoms with Crippen molar-refractivity contribution >= 4 is 28.4 Å². The minimum Gasteiger partial charge on any atom is -0.465 e. The van der Waals surface area contributed by atoms with E-state index in [9.17, 15) is 13.2 Å². The van der Waals surface area contributed by atoms with E-state index in [1.165, 1.54) is 29.6 Å². The number of pyridine rings is 1. The predicted octanol–water partition coefficient (Wildman–Crippen LogP) is 1.93. The third-order valence-corrected chi connectivity index (χ3v) is 6.38. The van der Waals surface area contributed by atoms with Crippen LogP contribution < -0.4 is 5.32 Å². The molecule has 1 aliphatic heterocycles. The van der Waals surface area contributed by atoms with Gasteiger partial charge in [-0.1, -0.05) is 6.07 Å². The van der Waals surface area contributed by atoms with Gasteiger partial charge in [0.05, 0.1) is 23.6 Å². The minimum absolute atomic E-state index is 0. The Hall–Kier alpha value is -2.00. The number of esters is 1. The lowest BCUT2D eigenvalue weighted by molar-refractivity contribution is 0.0599. The van der Waals surface area contributed by atoms with Gasteiger partial charge in [0.2, 0.25) is 10.0 Å². The molecule has 27 heavy (non-hydrogen) atoms. The number of ether oxygens (including phenoxy) is 1. The normalized spacial score (nSPS) is 17.8. The molecule has 0 saturated carbocycles. The lowest BCUT2D eigenvalue weighted by atomic mass is 10.1. The highest BCUT2D eigenvalue weighted by Gasteiger charge is 2.34. The van der Waals surface area contributed by atoms with Gasteiger partial charge in [0, 0.05) is 32.0 Å². The molecule has 0 amide bonds. The molecule has 1 aliphatic rings. The van der Waals surface area contributed by atoms with E-state index in [0.29, 0.717) is 30.8 Å². The van der Waals surface area contributed by atoms with Crippen molar-refractivity contribution in [2.45, 2.75) is 17.9 Å². The van der Waals surface area contributed by atoms with Crippen LogP contribution in [0.1, 0.15) is 27.5 Å². The summed E-state index contributed by atoms with van der Waals surface area (Å²) in [5.41, 5.74) is 1.76. The Kier molecular flexibility index (Phi) is 6.94. The molecule has 146 valence electrons. The highest BCUT2D eigenvalue weighted by molar-refractivity contribution is 7.89. The van der Waals surface area contributed by atoms with E-state index in [1.807, 2.05) is 6.07 Å². The molecule has 1 atom stereocenters. The fourth-order valence-electron chi connectivity index (χ4n) is 3.10. The minimum atomic E-state index is -3.72. The van der Waals surface area contributed by atoms with E-state index in [-0.39, 0.29) is 23.3 Å². The summed E-state index contributed by atoms with van der Waals surface area (Å²) in [5, 5.41) is 3.23. The predicted molar refractivity (Wildman–Crippen MR) is 104 cm³/mol. The molecule has 1 fully saturated rings. The van der Waals surface area contributed by atoms with Gasteiger partial charge in [0.15, 0.2) is 0 Å². The standard InChI is InChI=1S/C18H21N3O4S.ClH/c1-13-10-15(5-6-16(13)18(22)25-2)26(23,24)21-9-8-20-12-17(21)14-4-3-7-19-11-14;/h3-7,10-11,17,20H,8-9,12H2,1-2H3;1H. The Labute approximate surface area is 165 Å². The number of rotatable bonds is 4. The van der Waals surface area contributed by atoms with E-state index >= 15 is 0 Å². The number of halogens is 1. The Balaban J connectivity index is 0.00000261. The SMILES string of the molecule is COC(=O)c1ccc(S(=O)(=O)N2CCNCC2c2cccnc2)cc1C.Cl. The van der Waals surface area contributed by atoms with Crippen LogP contribution in [0.3, 0.4) is 0 Å². The second-order valence-corrected chi connectivity index (χ2v) is 7.98. The van der Waals surface area contributed by atoms with Gasteiger partial charge in [-0.3, -0.25) is 4.98 Å². The maximum atomic E-state index is 13.2. The number of hydrogen-bond donors (Lipinski definition) is 1. The van der Waals surface area contributed by atoms with Gasteiger partial charge >= 0.3 is 5.97 Å². The molecule has 2 aromatic rings. The molecule has 3 rings (SSSR count). The second-order valence-electron chi connectivity index (χ2n) is 6.09. The zero-order valence-electron chi connectivity index (χ0n) is 15.1. The van der Waals surface area contributed by atoms with Crippen LogP contribution >= 0.6 is 12.4 Å². The Bertz CT molecular complexity index is 906. The average Bonchev–Trinajstić information content (AvgIpc) is 2.68. The summed E-state index contributed by atoms with van der Waals surface area (Å²) in [6.45, 7) is 3.15. The van der Waals surface area contributed by atoms with Crippen LogP contribution in [0.2, 0.25) is 0 Å². The van der Waals surface area contributed by atoms with E-state index < -0.39 is 16.0 Å². The van der Waals surface area contributed by atoms with Crippen molar-refractivity contribution < 1.29 is 17.9 Å². The number of aromatic nitrogens is 1. The number of methoxy groups -OCH3 is 1. The van der Waals surface area contributed by atoms with E-state index in [0.717, 1.165) is 5.56 Å². The first-order valence-electron chi connectivity index (χ1n) is 8.26. The number of hydrogen-bond acceptors (Lipinski definition) is 6. The van der Waals surface area contributed by atoms with E-state index in [4.69, 9.17) is 4.74 Å². The van der Waals surface area contributed by atoms with E-state index in [1.54, 1.807) is 25.4 Å². The quantitative estimate of drug-likeness (QED) is 0.773. The van der Waals surface area contributed by atoms with Crippen molar-refractivity contribution in [3.8, 4) is 0 Å². The molecule has 1 aromatic heterocycles. The average molecular weight is 412 g/mol. The molecular formula is C18H22ClN3O4S. The summed E-state index contributed by atoms with van der Waals surface area (Å²) in [6, 6.07) is 7.81. The molecule has 0 spiro atoms. The highest BCUT2D eigenvalue weighted by atomic mass is 35.5. The molecule has 0 bridgehead atoms. The third kappa shape index (κ3) is 4.30. The summed E-state index contributed by atoms with van der Waals surface area (Å²) in [4.78, 5) is 16.0. The summed E-state index contributed by atoms with van der Waals surface area (Å²) >= 11 is 0. The molecule has 9 heteroatoms. The fourth-order valence-corrected chi connectivity index (χ4v) is 4.80. The first-order chi connectivity index (χ1) is 12.4. The van der Waals surface area contributed by atoms with Gasteiger partial charge in [-0.25, -0.2) is 13.2 Å². The van der Waals surface area contributed by atoms with E-state index in [2.05, 4.69) is 10.3 Å². The summed E-state index contributed by atoms with van der Waals surface area (Å²) < 4.78 is 32.7. The van der Waals surface area contributed by atoms with Crippen molar-refractivity contribution in [2.24, 2.45) is 0 Å². The van der Waals surface area contributed by atoms with Crippen LogP contribution in [0, 0.1) is 6.92 Å². The molecule has 1 aromatic carbocycles. The van der Waals surface area contributed by atoms with Crippen LogP contribution in [-0.2, 0) is 14.8 Å². The lowest BCUT2D eigenvalue weighted by Crippen LogP contribution is -2.48. The molecule has 0 radical (unpaired) electrons. The largest absolute Gasteiger partial charge is 0.465 e. The molecule has 1 unspecified atom stereocenters. The molecule has 0 aliphatic carbocycles. The van der Waals surface area contributed by atoms with Crippen molar-refractivity contribution in [2.75, 3.05) is 26.7 Å². The highest BCUT2D eigenvalue weighted by Crippen LogP contribution is 2.29. The number of benzene rings is 1. The fraction of sp³-hybridized carbons (Fsp3) is 0.333. The molecule has 1 N–H and O–H groups in total. The van der Waals surface area contributed by atoms with Gasteiger partial charge in [0.25, 0.3) is 0 Å². The van der Waals surface area contributed by atoms with Gasteiger partial charge in [-0.05, 0) is 42.3 Å². The second kappa shape index (κ2) is 8.79. The number of aryl methyl sites for hydroxylation is 1. The Morgan fingerprint density at radius 2 is 2.11 bits per heavy atom. The maximum Gasteiger partial charge on any atom is 0.338 e. The monoisotopic (exact) mass is 411 g/mol. The zero-order chi connectivity index (χ0) is 18.7. The van der Waals surface area contributed by atoms with Crippen LogP contribution in [-0.4, -0.2) is 50.4 Å². The van der Waals surface area contributed by atoms with Gasteiger partial charge in [-0.15, -0.1) is 12.4 Å². The molecule has 2 heterocycles. The molecule has 1 saturated heterocycles. The van der Waals surface area contributed by atoms with Crippen LogP contribution in [0.15, 0.2) is 47.6 Å². The number of piperazine rings is 1. The van der Waals surface area contributed by atoms with Crippen LogP contribution in [0.25, 0.3) is 0 Å². The van der Waals surface area contributed by atoms with Crippen molar-refractivity contribution in [1.82, 2.24) is 14.6 Å². The Morgan fingerprint density at radius 1 is 1.33 bits per heavy atom. The van der Waals surface area contributed by atoms with Crippen molar-refractivity contribution in [3.63, 3.8) is 0 Å². The number of carbonyl (C=O) groups excluding carboxylic acids is 1. The van der Waals surface area contributed by atoms with Gasteiger partial charge in [-0.2, -0.15) is 4.31 Å². The number of nitrogens with zero attached hydrogens (tertiary/aromatic N) is 2. The Morgan fingerprint density at radius 3 is 2.74 bits per heavy atom. The molecule has 7 nitrogen and oxygen atoms in total. The first-order valence-corrected chi connectivity index (χ1v) is 9.70. The zero-order valence-corrected chi connectivity index (χ0v) is 16.7.